The zero-order chi connectivity index (χ0) is 21.1. The van der Waals surface area contributed by atoms with Crippen LogP contribution in [-0.2, 0) is 15.6 Å². The first kappa shape index (κ1) is 19.9. The third-order valence-corrected chi connectivity index (χ3v) is 7.89. The van der Waals surface area contributed by atoms with E-state index in [1.54, 1.807) is 0 Å². The largest absolute Gasteiger partial charge is 0.481 e. The Hall–Kier alpha value is -2.00. The number of carboxylic acids is 1. The fraction of sp³-hybridized carbons (Fsp3) is 0.240. The molecule has 3 aromatic carbocycles. The van der Waals surface area contributed by atoms with Crippen LogP contribution in [0.1, 0.15) is 36.0 Å². The first-order valence-electron chi connectivity index (χ1n) is 9.87. The summed E-state index contributed by atoms with van der Waals surface area (Å²) in [6.07, 6.45) is 2.20. The van der Waals surface area contributed by atoms with Crippen LogP contribution in [0.3, 0.4) is 0 Å². The van der Waals surface area contributed by atoms with Crippen LogP contribution < -0.4 is 0 Å². The number of carbonyl (C=O) groups is 1. The molecule has 152 valence electrons. The smallest absolute Gasteiger partial charge is 0.311 e. The average Bonchev–Trinajstić information content (AvgIpc) is 3.63. The molecule has 2 nitrogen and oxygen atoms in total. The number of benzene rings is 3. The molecule has 2 aliphatic carbocycles. The molecule has 0 bridgehead atoms. The van der Waals surface area contributed by atoms with Crippen LogP contribution in [0.15, 0.2) is 72.8 Å². The topological polar surface area (TPSA) is 37.3 Å². The highest BCUT2D eigenvalue weighted by Crippen LogP contribution is 2.81. The molecule has 0 amide bonds. The Labute approximate surface area is 190 Å². The highest BCUT2D eigenvalue weighted by Gasteiger charge is 2.84. The number of aliphatic carboxylic acids is 1. The van der Waals surface area contributed by atoms with E-state index in [-0.39, 0.29) is 0 Å². The molecule has 0 saturated heterocycles. The molecular weight excluding hydrogens is 439 g/mol. The normalized spacial score (nSPS) is 23.0. The summed E-state index contributed by atoms with van der Waals surface area (Å²) in [5.74, 6) is -0.764. The second kappa shape index (κ2) is 6.75. The fourth-order valence-corrected chi connectivity index (χ4v) is 5.96. The predicted molar refractivity (Wildman–Crippen MR) is 121 cm³/mol. The molecule has 0 aromatic heterocycles. The summed E-state index contributed by atoms with van der Waals surface area (Å²) in [6.45, 7) is 0. The van der Waals surface area contributed by atoms with Crippen molar-refractivity contribution >= 4 is 40.8 Å². The van der Waals surface area contributed by atoms with Crippen molar-refractivity contribution in [1.82, 2.24) is 0 Å². The van der Waals surface area contributed by atoms with Crippen LogP contribution in [0.25, 0.3) is 0 Å². The first-order valence-corrected chi connectivity index (χ1v) is 11.0. The van der Waals surface area contributed by atoms with Gasteiger partial charge < -0.3 is 5.11 Å². The van der Waals surface area contributed by atoms with Crippen LogP contribution in [-0.4, -0.2) is 11.1 Å². The quantitative estimate of drug-likeness (QED) is 0.442. The second-order valence-corrected chi connectivity index (χ2v) is 9.70. The molecule has 3 aromatic rings. The molecule has 5 rings (SSSR count). The van der Waals surface area contributed by atoms with Crippen molar-refractivity contribution in [1.29, 1.82) is 0 Å². The summed E-state index contributed by atoms with van der Waals surface area (Å²) in [6, 6.07) is 22.8. The Morgan fingerprint density at radius 1 is 0.667 bits per heavy atom. The average molecular weight is 458 g/mol. The number of hydrogen-bond donors (Lipinski definition) is 1. The summed E-state index contributed by atoms with van der Waals surface area (Å²) >= 11 is 18.4. The molecule has 1 atom stereocenters. The summed E-state index contributed by atoms with van der Waals surface area (Å²) in [7, 11) is 0. The third-order valence-electron chi connectivity index (χ3n) is 7.14. The van der Waals surface area contributed by atoms with Crippen molar-refractivity contribution in [2.75, 3.05) is 0 Å². The molecule has 2 fully saturated rings. The molecule has 0 aliphatic heterocycles. The van der Waals surface area contributed by atoms with E-state index >= 15 is 0 Å². The van der Waals surface area contributed by atoms with Gasteiger partial charge >= 0.3 is 5.97 Å². The van der Waals surface area contributed by atoms with Crippen LogP contribution in [0, 0.1) is 5.41 Å². The van der Waals surface area contributed by atoms with Gasteiger partial charge in [-0.2, -0.15) is 0 Å². The van der Waals surface area contributed by atoms with Crippen molar-refractivity contribution in [2.24, 2.45) is 5.41 Å². The van der Waals surface area contributed by atoms with Gasteiger partial charge in [-0.15, -0.1) is 0 Å². The van der Waals surface area contributed by atoms with E-state index in [1.165, 1.54) is 0 Å². The van der Waals surface area contributed by atoms with Gasteiger partial charge in [-0.1, -0.05) is 71.2 Å². The lowest BCUT2D eigenvalue weighted by molar-refractivity contribution is -0.145. The van der Waals surface area contributed by atoms with Crippen molar-refractivity contribution in [3.63, 3.8) is 0 Å². The third kappa shape index (κ3) is 2.60. The van der Waals surface area contributed by atoms with E-state index in [1.807, 2.05) is 72.8 Å². The minimum absolute atomic E-state index is 0.428. The maximum absolute atomic E-state index is 13.0. The van der Waals surface area contributed by atoms with Gasteiger partial charge in [0.2, 0.25) is 0 Å². The molecule has 30 heavy (non-hydrogen) atoms. The van der Waals surface area contributed by atoms with Gasteiger partial charge in [0.15, 0.2) is 0 Å². The number of carboxylic acid groups (broad SMARTS) is 1. The summed E-state index contributed by atoms with van der Waals surface area (Å²) in [4.78, 5) is 13.0. The van der Waals surface area contributed by atoms with Crippen molar-refractivity contribution < 1.29 is 9.90 Å². The summed E-state index contributed by atoms with van der Waals surface area (Å²) < 4.78 is 0. The number of halogens is 3. The fourth-order valence-electron chi connectivity index (χ4n) is 5.58. The highest BCUT2D eigenvalue weighted by atomic mass is 35.5. The highest BCUT2D eigenvalue weighted by molar-refractivity contribution is 6.31. The minimum atomic E-state index is -0.949. The lowest BCUT2D eigenvalue weighted by Gasteiger charge is -2.32. The molecule has 2 aliphatic rings. The molecular formula is C25H19Cl3O2. The van der Waals surface area contributed by atoms with Crippen LogP contribution in [0.4, 0.5) is 0 Å². The van der Waals surface area contributed by atoms with E-state index in [4.69, 9.17) is 34.8 Å². The molecule has 0 heterocycles. The van der Waals surface area contributed by atoms with Crippen LogP contribution in [0.5, 0.6) is 0 Å². The SMILES string of the molecule is O=C(O)C1(C2(c3ccc(Cl)cc3)CC2)CC1(c1ccc(Cl)cc1)c1ccc(Cl)cc1. The molecule has 2 saturated carbocycles. The van der Waals surface area contributed by atoms with Gasteiger partial charge in [0, 0.05) is 25.9 Å². The standard InChI is InChI=1S/C25H19Cl3O2/c26-19-7-1-16(2-8-19)23(13-14-23)25(22(29)30)15-24(25,17-3-9-20(27)10-4-17)18-5-11-21(28)12-6-18/h1-12H,13-15H2,(H,29,30). The summed E-state index contributed by atoms with van der Waals surface area (Å²) in [5.41, 5.74) is 0.954. The second-order valence-electron chi connectivity index (χ2n) is 8.40. The van der Waals surface area contributed by atoms with Gasteiger partial charge in [0.25, 0.3) is 0 Å². The predicted octanol–water partition coefficient (Wildman–Crippen LogP) is 7.14. The van der Waals surface area contributed by atoms with Crippen molar-refractivity contribution in [3.05, 3.63) is 105 Å². The van der Waals surface area contributed by atoms with Gasteiger partial charge in [-0.3, -0.25) is 4.79 Å². The monoisotopic (exact) mass is 456 g/mol. The Morgan fingerprint density at radius 3 is 1.37 bits per heavy atom. The maximum atomic E-state index is 13.0. The number of hydrogen-bond acceptors (Lipinski definition) is 1. The zero-order valence-corrected chi connectivity index (χ0v) is 18.3. The van der Waals surface area contributed by atoms with Gasteiger partial charge in [0.05, 0.1) is 5.41 Å². The molecule has 1 N–H and O–H groups in total. The van der Waals surface area contributed by atoms with Gasteiger partial charge in [-0.05, 0) is 72.4 Å². The maximum Gasteiger partial charge on any atom is 0.311 e. The molecule has 0 spiro atoms. The lowest BCUT2D eigenvalue weighted by atomic mass is 9.70. The van der Waals surface area contributed by atoms with Gasteiger partial charge in [0.1, 0.15) is 0 Å². The zero-order valence-electron chi connectivity index (χ0n) is 16.0. The Morgan fingerprint density at radius 2 is 1.03 bits per heavy atom. The van der Waals surface area contributed by atoms with E-state index < -0.39 is 22.2 Å². The Balaban J connectivity index is 1.74. The first-order chi connectivity index (χ1) is 14.4. The minimum Gasteiger partial charge on any atom is -0.481 e. The van der Waals surface area contributed by atoms with Crippen LogP contribution >= 0.6 is 34.8 Å². The van der Waals surface area contributed by atoms with E-state index in [2.05, 4.69) is 0 Å². The molecule has 1 unspecified atom stereocenters. The van der Waals surface area contributed by atoms with E-state index in [0.717, 1.165) is 29.5 Å². The van der Waals surface area contributed by atoms with Crippen LogP contribution in [0.2, 0.25) is 15.1 Å². The van der Waals surface area contributed by atoms with E-state index in [9.17, 15) is 9.90 Å². The van der Waals surface area contributed by atoms with E-state index in [0.29, 0.717) is 21.5 Å². The summed E-state index contributed by atoms with van der Waals surface area (Å²) in [5, 5.41) is 12.6. The van der Waals surface area contributed by atoms with Crippen molar-refractivity contribution in [2.45, 2.75) is 30.1 Å². The Bertz CT molecular complexity index is 1070. The number of rotatable bonds is 5. The van der Waals surface area contributed by atoms with Gasteiger partial charge in [-0.25, -0.2) is 0 Å². The molecule has 5 heteroatoms. The lowest BCUT2D eigenvalue weighted by Crippen LogP contribution is -2.38. The van der Waals surface area contributed by atoms with Crippen molar-refractivity contribution in [3.8, 4) is 0 Å². The molecule has 0 radical (unpaired) electrons. The Kier molecular flexibility index (Phi) is 4.49.